The number of carbonyl (C=O) groups excluding carboxylic acids is 1. The number of ether oxygens (including phenoxy) is 2. The minimum Gasteiger partial charge on any atom is -0.491 e. The molecule has 0 amide bonds. The number of rotatable bonds is 4. The average Bonchev–Trinajstić information content (AvgIpc) is 2.33. The minimum absolute atomic E-state index is 0.114. The molecule has 3 nitrogen and oxygen atoms in total. The van der Waals surface area contributed by atoms with Gasteiger partial charge < -0.3 is 9.47 Å². The largest absolute Gasteiger partial charge is 0.491 e. The van der Waals surface area contributed by atoms with Crippen molar-refractivity contribution < 1.29 is 23.0 Å². The first-order chi connectivity index (χ1) is 8.93. The van der Waals surface area contributed by atoms with Gasteiger partial charge in [0.2, 0.25) is 5.92 Å². The molecular weight excluding hydrogens is 278 g/mol. The van der Waals surface area contributed by atoms with E-state index in [1.54, 1.807) is 12.1 Å². The molecule has 0 saturated heterocycles. The van der Waals surface area contributed by atoms with E-state index in [0.29, 0.717) is 0 Å². The fourth-order valence-electron chi connectivity index (χ4n) is 2.03. The summed E-state index contributed by atoms with van der Waals surface area (Å²) in [4.78, 5) is 11.5. The van der Waals surface area contributed by atoms with Crippen LogP contribution in [0.5, 0.6) is 5.75 Å². The van der Waals surface area contributed by atoms with Crippen LogP contribution in [0, 0.1) is 5.92 Å². The van der Waals surface area contributed by atoms with Crippen LogP contribution in [0.2, 0.25) is 5.02 Å². The normalized spacial score (nSPS) is 17.7. The summed E-state index contributed by atoms with van der Waals surface area (Å²) in [6.07, 6.45) is -0.379. The maximum absolute atomic E-state index is 12.7. The SMILES string of the molecule is COC(=O)c1cccc(Cl)c1OCC1CC(F)(F)C1. The van der Waals surface area contributed by atoms with Crippen molar-refractivity contribution >= 4 is 17.6 Å². The molecule has 2 rings (SSSR count). The minimum atomic E-state index is -2.58. The number of hydrogen-bond acceptors (Lipinski definition) is 3. The molecule has 0 aliphatic heterocycles. The number of halogens is 3. The molecule has 0 radical (unpaired) electrons. The molecule has 1 aliphatic carbocycles. The predicted octanol–water partition coefficient (Wildman–Crippen LogP) is 3.55. The molecule has 0 bridgehead atoms. The summed E-state index contributed by atoms with van der Waals surface area (Å²) in [6.45, 7) is 0.114. The maximum atomic E-state index is 12.7. The highest BCUT2D eigenvalue weighted by molar-refractivity contribution is 6.32. The van der Waals surface area contributed by atoms with E-state index < -0.39 is 11.9 Å². The van der Waals surface area contributed by atoms with E-state index in [4.69, 9.17) is 16.3 Å². The first-order valence-electron chi connectivity index (χ1n) is 5.80. The first kappa shape index (κ1) is 14.1. The Morgan fingerprint density at radius 2 is 2.16 bits per heavy atom. The number of methoxy groups -OCH3 is 1. The Morgan fingerprint density at radius 1 is 1.47 bits per heavy atom. The van der Waals surface area contributed by atoms with Gasteiger partial charge in [-0.3, -0.25) is 0 Å². The highest BCUT2D eigenvalue weighted by Crippen LogP contribution is 2.43. The Kier molecular flexibility index (Phi) is 3.94. The van der Waals surface area contributed by atoms with Crippen molar-refractivity contribution in [2.45, 2.75) is 18.8 Å². The highest BCUT2D eigenvalue weighted by atomic mass is 35.5. The first-order valence-corrected chi connectivity index (χ1v) is 6.18. The van der Waals surface area contributed by atoms with Crippen molar-refractivity contribution in [3.05, 3.63) is 28.8 Å². The fourth-order valence-corrected chi connectivity index (χ4v) is 2.26. The molecule has 1 aliphatic rings. The molecule has 104 valence electrons. The number of esters is 1. The van der Waals surface area contributed by atoms with Crippen molar-refractivity contribution in [1.29, 1.82) is 0 Å². The maximum Gasteiger partial charge on any atom is 0.341 e. The van der Waals surface area contributed by atoms with Crippen LogP contribution < -0.4 is 4.74 Å². The molecule has 0 N–H and O–H groups in total. The van der Waals surface area contributed by atoms with Gasteiger partial charge in [0.25, 0.3) is 0 Å². The van der Waals surface area contributed by atoms with Crippen molar-refractivity contribution in [1.82, 2.24) is 0 Å². The summed E-state index contributed by atoms with van der Waals surface area (Å²) >= 11 is 5.95. The fraction of sp³-hybridized carbons (Fsp3) is 0.462. The third-order valence-electron chi connectivity index (χ3n) is 3.01. The van der Waals surface area contributed by atoms with Crippen LogP contribution in [0.4, 0.5) is 8.78 Å². The molecule has 1 aromatic carbocycles. The lowest BCUT2D eigenvalue weighted by Crippen LogP contribution is -2.38. The quantitative estimate of drug-likeness (QED) is 0.796. The van der Waals surface area contributed by atoms with Gasteiger partial charge in [-0.2, -0.15) is 0 Å². The van der Waals surface area contributed by atoms with E-state index >= 15 is 0 Å². The van der Waals surface area contributed by atoms with Gasteiger partial charge in [-0.25, -0.2) is 13.6 Å². The standard InChI is InChI=1S/C13H13ClF2O3/c1-18-12(17)9-3-2-4-10(14)11(9)19-7-8-5-13(15,16)6-8/h2-4,8H,5-7H2,1H3. The predicted molar refractivity (Wildman–Crippen MR) is 66.0 cm³/mol. The lowest BCUT2D eigenvalue weighted by Gasteiger charge is -2.34. The van der Waals surface area contributed by atoms with Crippen LogP contribution in [-0.2, 0) is 4.74 Å². The van der Waals surface area contributed by atoms with Crippen LogP contribution in [0.3, 0.4) is 0 Å². The number of benzene rings is 1. The summed E-state index contributed by atoms with van der Waals surface area (Å²) in [5.41, 5.74) is 0.195. The second-order valence-corrected chi connectivity index (χ2v) is 4.96. The topological polar surface area (TPSA) is 35.5 Å². The van der Waals surface area contributed by atoms with Crippen molar-refractivity contribution in [3.63, 3.8) is 0 Å². The summed E-state index contributed by atoms with van der Waals surface area (Å²) in [6, 6.07) is 4.68. The molecule has 1 saturated carbocycles. The molecule has 1 aromatic rings. The smallest absolute Gasteiger partial charge is 0.341 e. The molecule has 0 unspecified atom stereocenters. The zero-order valence-corrected chi connectivity index (χ0v) is 11.0. The van der Waals surface area contributed by atoms with Crippen LogP contribution >= 0.6 is 11.6 Å². The number of alkyl halides is 2. The van der Waals surface area contributed by atoms with Gasteiger partial charge in [-0.1, -0.05) is 17.7 Å². The third kappa shape index (κ3) is 3.15. The second-order valence-electron chi connectivity index (χ2n) is 4.55. The van der Waals surface area contributed by atoms with E-state index in [1.807, 2.05) is 0 Å². The van der Waals surface area contributed by atoms with E-state index in [2.05, 4.69) is 4.74 Å². The van der Waals surface area contributed by atoms with Gasteiger partial charge in [0.05, 0.1) is 18.7 Å². The zero-order valence-electron chi connectivity index (χ0n) is 10.3. The summed E-state index contributed by atoms with van der Waals surface area (Å²) in [5.74, 6) is -3.18. The van der Waals surface area contributed by atoms with Gasteiger partial charge in [0, 0.05) is 18.8 Å². The molecule has 0 spiro atoms. The van der Waals surface area contributed by atoms with Crippen molar-refractivity contribution in [2.24, 2.45) is 5.92 Å². The third-order valence-corrected chi connectivity index (χ3v) is 3.31. The Morgan fingerprint density at radius 3 is 2.74 bits per heavy atom. The lowest BCUT2D eigenvalue weighted by atomic mass is 9.82. The second kappa shape index (κ2) is 5.33. The van der Waals surface area contributed by atoms with Gasteiger partial charge in [0.1, 0.15) is 5.56 Å². The Hall–Kier alpha value is -1.36. The van der Waals surface area contributed by atoms with E-state index in [9.17, 15) is 13.6 Å². The summed E-state index contributed by atoms with van der Waals surface area (Å²) in [7, 11) is 1.25. The van der Waals surface area contributed by atoms with Crippen LogP contribution in [-0.4, -0.2) is 25.6 Å². The van der Waals surface area contributed by atoms with Crippen LogP contribution in [0.1, 0.15) is 23.2 Å². The molecule has 6 heteroatoms. The molecule has 0 aromatic heterocycles. The number of carbonyl (C=O) groups is 1. The highest BCUT2D eigenvalue weighted by Gasteiger charge is 2.45. The van der Waals surface area contributed by atoms with Gasteiger partial charge in [0.15, 0.2) is 5.75 Å². The van der Waals surface area contributed by atoms with E-state index in [1.165, 1.54) is 13.2 Å². The Balaban J connectivity index is 2.05. The number of para-hydroxylation sites is 1. The van der Waals surface area contributed by atoms with Gasteiger partial charge in [-0.05, 0) is 12.1 Å². The summed E-state index contributed by atoms with van der Waals surface area (Å²) < 4.78 is 35.4. The van der Waals surface area contributed by atoms with E-state index in [-0.39, 0.29) is 41.7 Å². The van der Waals surface area contributed by atoms with Gasteiger partial charge >= 0.3 is 5.97 Å². The number of hydrogen-bond donors (Lipinski definition) is 0. The molecule has 1 fully saturated rings. The summed E-state index contributed by atoms with van der Waals surface area (Å²) in [5, 5.41) is 0.258. The molecule has 0 atom stereocenters. The molecular formula is C13H13ClF2O3. The van der Waals surface area contributed by atoms with Gasteiger partial charge in [-0.15, -0.1) is 0 Å². The molecule has 0 heterocycles. The Labute approximate surface area is 114 Å². The monoisotopic (exact) mass is 290 g/mol. The van der Waals surface area contributed by atoms with Crippen molar-refractivity contribution in [3.8, 4) is 5.75 Å². The molecule has 19 heavy (non-hydrogen) atoms. The van der Waals surface area contributed by atoms with Crippen molar-refractivity contribution in [2.75, 3.05) is 13.7 Å². The van der Waals surface area contributed by atoms with Crippen LogP contribution in [0.25, 0.3) is 0 Å². The van der Waals surface area contributed by atoms with E-state index in [0.717, 1.165) is 0 Å². The zero-order chi connectivity index (χ0) is 14.0. The van der Waals surface area contributed by atoms with Crippen LogP contribution in [0.15, 0.2) is 18.2 Å². The Bertz CT molecular complexity index is 483. The lowest BCUT2D eigenvalue weighted by molar-refractivity contribution is -0.119. The average molecular weight is 291 g/mol.